The van der Waals surface area contributed by atoms with E-state index >= 15 is 0 Å². The van der Waals surface area contributed by atoms with Crippen LogP contribution in [-0.2, 0) is 9.59 Å². The molecule has 0 radical (unpaired) electrons. The first kappa shape index (κ1) is 9.96. The van der Waals surface area contributed by atoms with Crippen LogP contribution in [0.3, 0.4) is 0 Å². The average Bonchev–Trinajstić information content (AvgIpc) is 2.81. The van der Waals surface area contributed by atoms with Crippen LogP contribution in [0.1, 0.15) is 26.2 Å². The normalized spacial score (nSPS) is 15.2. The fraction of sp³-hybridized carbons (Fsp3) is 0.600. The molecule has 0 N–H and O–H groups in total. The predicted molar refractivity (Wildman–Crippen MR) is 50.2 cm³/mol. The molecule has 0 aromatic heterocycles. The van der Waals surface area contributed by atoms with Crippen molar-refractivity contribution in [2.45, 2.75) is 32.2 Å². The van der Waals surface area contributed by atoms with E-state index in [2.05, 4.69) is 6.58 Å². The number of hydrogen-bond acceptors (Lipinski definition) is 2. The van der Waals surface area contributed by atoms with Crippen molar-refractivity contribution in [2.75, 3.05) is 6.54 Å². The molecular formula is C10H15NO2. The fourth-order valence-corrected chi connectivity index (χ4v) is 1.29. The van der Waals surface area contributed by atoms with Crippen LogP contribution < -0.4 is 0 Å². The lowest BCUT2D eigenvalue weighted by Crippen LogP contribution is -2.34. The van der Waals surface area contributed by atoms with Crippen molar-refractivity contribution >= 4 is 11.7 Å². The summed E-state index contributed by atoms with van der Waals surface area (Å²) in [5.74, 6) is -0.130. The third-order valence-corrected chi connectivity index (χ3v) is 2.03. The lowest BCUT2D eigenvalue weighted by molar-refractivity contribution is -0.134. The monoisotopic (exact) mass is 181 g/mol. The predicted octanol–water partition coefficient (Wildman–Crippen LogP) is 1.14. The van der Waals surface area contributed by atoms with Crippen LogP contribution >= 0.6 is 0 Å². The van der Waals surface area contributed by atoms with Crippen molar-refractivity contribution in [3.63, 3.8) is 0 Å². The van der Waals surface area contributed by atoms with Gasteiger partial charge in [0.2, 0.25) is 5.91 Å². The summed E-state index contributed by atoms with van der Waals surface area (Å²) in [6.07, 6.45) is 3.87. The Balaban J connectivity index is 2.47. The zero-order valence-corrected chi connectivity index (χ0v) is 7.95. The van der Waals surface area contributed by atoms with Crippen LogP contribution in [0.2, 0.25) is 0 Å². The molecule has 13 heavy (non-hydrogen) atoms. The van der Waals surface area contributed by atoms with Crippen molar-refractivity contribution in [3.05, 3.63) is 12.7 Å². The average molecular weight is 181 g/mol. The highest BCUT2D eigenvalue weighted by atomic mass is 16.2. The third kappa shape index (κ3) is 3.01. The van der Waals surface area contributed by atoms with Gasteiger partial charge in [-0.3, -0.25) is 9.59 Å². The Bertz CT molecular complexity index is 231. The molecule has 1 saturated carbocycles. The first-order valence-corrected chi connectivity index (χ1v) is 4.55. The number of amides is 1. The molecule has 1 aliphatic carbocycles. The number of ketones is 1. The Labute approximate surface area is 78.4 Å². The lowest BCUT2D eigenvalue weighted by Gasteiger charge is -2.19. The SMILES string of the molecule is C=CCN(C(=O)CC(C)=O)C1CC1. The standard InChI is InChI=1S/C10H15NO2/c1-3-6-11(9-4-5-9)10(13)7-8(2)12/h3,9H,1,4-7H2,2H3. The lowest BCUT2D eigenvalue weighted by atomic mass is 10.2. The highest BCUT2D eigenvalue weighted by Crippen LogP contribution is 2.27. The molecule has 0 aliphatic heterocycles. The molecule has 0 aromatic carbocycles. The summed E-state index contributed by atoms with van der Waals surface area (Å²) in [6, 6.07) is 0.366. The molecule has 0 atom stereocenters. The van der Waals surface area contributed by atoms with Gasteiger partial charge in [0.05, 0.1) is 6.42 Å². The summed E-state index contributed by atoms with van der Waals surface area (Å²) in [7, 11) is 0. The number of carbonyl (C=O) groups excluding carboxylic acids is 2. The van der Waals surface area contributed by atoms with Crippen molar-refractivity contribution < 1.29 is 9.59 Å². The van der Waals surface area contributed by atoms with E-state index < -0.39 is 0 Å². The van der Waals surface area contributed by atoms with E-state index in [1.165, 1.54) is 6.92 Å². The zero-order chi connectivity index (χ0) is 9.84. The molecule has 0 aromatic rings. The fourth-order valence-electron chi connectivity index (χ4n) is 1.29. The Kier molecular flexibility index (Phi) is 3.23. The van der Waals surface area contributed by atoms with Gasteiger partial charge < -0.3 is 4.90 Å². The molecule has 0 heterocycles. The van der Waals surface area contributed by atoms with Gasteiger partial charge in [0.15, 0.2) is 0 Å². The van der Waals surface area contributed by atoms with Crippen LogP contribution in [0.25, 0.3) is 0 Å². The van der Waals surface area contributed by atoms with Gasteiger partial charge >= 0.3 is 0 Å². The van der Waals surface area contributed by atoms with Gasteiger partial charge in [-0.25, -0.2) is 0 Å². The summed E-state index contributed by atoms with van der Waals surface area (Å²) >= 11 is 0. The molecule has 1 amide bonds. The maximum atomic E-state index is 11.5. The molecule has 1 rings (SSSR count). The highest BCUT2D eigenvalue weighted by molar-refractivity contribution is 5.97. The van der Waals surface area contributed by atoms with E-state index in [4.69, 9.17) is 0 Å². The second-order valence-electron chi connectivity index (χ2n) is 3.44. The van der Waals surface area contributed by atoms with Crippen LogP contribution in [0.5, 0.6) is 0 Å². The Morgan fingerprint density at radius 1 is 1.54 bits per heavy atom. The molecule has 3 heteroatoms. The van der Waals surface area contributed by atoms with Crippen LogP contribution in [0, 0.1) is 0 Å². The van der Waals surface area contributed by atoms with Gasteiger partial charge in [0.25, 0.3) is 0 Å². The molecule has 0 saturated heterocycles. The second-order valence-corrected chi connectivity index (χ2v) is 3.44. The van der Waals surface area contributed by atoms with Crippen molar-refractivity contribution in [3.8, 4) is 0 Å². The summed E-state index contributed by atoms with van der Waals surface area (Å²) < 4.78 is 0. The largest absolute Gasteiger partial charge is 0.336 e. The first-order valence-electron chi connectivity index (χ1n) is 4.55. The van der Waals surface area contributed by atoms with Gasteiger partial charge in [-0.05, 0) is 19.8 Å². The van der Waals surface area contributed by atoms with E-state index in [0.717, 1.165) is 12.8 Å². The summed E-state index contributed by atoms with van der Waals surface area (Å²) in [6.45, 7) is 5.60. The molecule has 0 bridgehead atoms. The van der Waals surface area contributed by atoms with Gasteiger partial charge in [-0.2, -0.15) is 0 Å². The minimum atomic E-state index is -0.0697. The quantitative estimate of drug-likeness (QED) is 0.471. The van der Waals surface area contributed by atoms with Crippen LogP contribution in [0.15, 0.2) is 12.7 Å². The van der Waals surface area contributed by atoms with E-state index in [9.17, 15) is 9.59 Å². The summed E-state index contributed by atoms with van der Waals surface area (Å²) in [5.41, 5.74) is 0. The smallest absolute Gasteiger partial charge is 0.230 e. The first-order chi connectivity index (χ1) is 6.15. The second kappa shape index (κ2) is 4.21. The molecule has 1 aliphatic rings. The molecule has 0 unspecified atom stereocenters. The topological polar surface area (TPSA) is 37.4 Å². The number of carbonyl (C=O) groups is 2. The maximum Gasteiger partial charge on any atom is 0.230 e. The molecule has 1 fully saturated rings. The number of hydrogen-bond donors (Lipinski definition) is 0. The minimum Gasteiger partial charge on any atom is -0.336 e. The van der Waals surface area contributed by atoms with Gasteiger partial charge in [-0.1, -0.05) is 6.08 Å². The van der Waals surface area contributed by atoms with Crippen LogP contribution in [0.4, 0.5) is 0 Å². The van der Waals surface area contributed by atoms with Crippen LogP contribution in [-0.4, -0.2) is 29.2 Å². The third-order valence-electron chi connectivity index (χ3n) is 2.03. The van der Waals surface area contributed by atoms with E-state index in [1.54, 1.807) is 11.0 Å². The Morgan fingerprint density at radius 2 is 2.15 bits per heavy atom. The van der Waals surface area contributed by atoms with Crippen molar-refractivity contribution in [1.29, 1.82) is 0 Å². The molecule has 0 spiro atoms. The zero-order valence-electron chi connectivity index (χ0n) is 7.95. The van der Waals surface area contributed by atoms with E-state index in [-0.39, 0.29) is 18.1 Å². The summed E-state index contributed by atoms with van der Waals surface area (Å²) in [4.78, 5) is 24.0. The Hall–Kier alpha value is -1.12. The Morgan fingerprint density at radius 3 is 2.54 bits per heavy atom. The van der Waals surface area contributed by atoms with Gasteiger partial charge in [0, 0.05) is 12.6 Å². The summed E-state index contributed by atoms with van der Waals surface area (Å²) in [5, 5.41) is 0. The maximum absolute atomic E-state index is 11.5. The number of rotatable bonds is 5. The van der Waals surface area contributed by atoms with Crippen molar-refractivity contribution in [1.82, 2.24) is 4.90 Å². The van der Waals surface area contributed by atoms with E-state index in [1.807, 2.05) is 0 Å². The molecule has 3 nitrogen and oxygen atoms in total. The molecule has 72 valence electrons. The van der Waals surface area contributed by atoms with Gasteiger partial charge in [-0.15, -0.1) is 6.58 Å². The van der Waals surface area contributed by atoms with Crippen molar-refractivity contribution in [2.24, 2.45) is 0 Å². The number of Topliss-reactive ketones (excluding diaryl/α,β-unsaturated/α-hetero) is 1. The van der Waals surface area contributed by atoms with E-state index in [0.29, 0.717) is 12.6 Å². The molecular weight excluding hydrogens is 166 g/mol. The van der Waals surface area contributed by atoms with Gasteiger partial charge in [0.1, 0.15) is 5.78 Å². The highest BCUT2D eigenvalue weighted by Gasteiger charge is 2.31. The number of nitrogens with zero attached hydrogens (tertiary/aromatic N) is 1. The minimum absolute atomic E-state index is 0.0321.